The number of halogens is 2. The van der Waals surface area contributed by atoms with Gasteiger partial charge in [-0.2, -0.15) is 0 Å². The van der Waals surface area contributed by atoms with E-state index in [1.165, 1.54) is 36.6 Å². The van der Waals surface area contributed by atoms with E-state index in [9.17, 15) is 9.50 Å². The number of ether oxygens (including phenoxy) is 1. The van der Waals surface area contributed by atoms with Crippen LogP contribution < -0.4 is 4.74 Å². The number of aryl methyl sites for hydroxylation is 1. The van der Waals surface area contributed by atoms with E-state index in [0.29, 0.717) is 9.90 Å². The van der Waals surface area contributed by atoms with Gasteiger partial charge in [-0.3, -0.25) is 0 Å². The normalized spacial score (nSPS) is 12.5. The minimum absolute atomic E-state index is 0.117. The topological polar surface area (TPSA) is 29.5 Å². The summed E-state index contributed by atoms with van der Waals surface area (Å²) < 4.78 is 18.8. The molecule has 2 rings (SSSR count). The third kappa shape index (κ3) is 2.51. The van der Waals surface area contributed by atoms with Gasteiger partial charge < -0.3 is 9.84 Å². The van der Waals surface area contributed by atoms with Crippen LogP contribution in [0.1, 0.15) is 22.1 Å². The summed E-state index contributed by atoms with van der Waals surface area (Å²) in [7, 11) is 1.39. The highest BCUT2D eigenvalue weighted by atomic mass is 35.5. The largest absolute Gasteiger partial charge is 0.494 e. The summed E-state index contributed by atoms with van der Waals surface area (Å²) in [5.41, 5.74) is 1.50. The number of thiophene rings is 1. The molecule has 0 aliphatic carbocycles. The van der Waals surface area contributed by atoms with Gasteiger partial charge in [0.05, 0.1) is 11.4 Å². The predicted molar refractivity (Wildman–Crippen MR) is 71.1 cm³/mol. The molecule has 1 N–H and O–H groups in total. The highest BCUT2D eigenvalue weighted by molar-refractivity contribution is 7.16. The molecule has 1 atom stereocenters. The van der Waals surface area contributed by atoms with E-state index in [4.69, 9.17) is 16.3 Å². The summed E-state index contributed by atoms with van der Waals surface area (Å²) in [6.45, 7) is 1.88. The summed E-state index contributed by atoms with van der Waals surface area (Å²) in [6.07, 6.45) is -0.823. The van der Waals surface area contributed by atoms with E-state index < -0.39 is 11.9 Å². The molecule has 2 nitrogen and oxygen atoms in total. The van der Waals surface area contributed by atoms with Crippen molar-refractivity contribution in [3.05, 3.63) is 50.4 Å². The van der Waals surface area contributed by atoms with E-state index in [1.54, 1.807) is 0 Å². The van der Waals surface area contributed by atoms with Crippen molar-refractivity contribution in [1.29, 1.82) is 0 Å². The molecule has 1 heterocycles. The Balaban J connectivity index is 2.36. The number of aliphatic hydroxyl groups excluding tert-OH is 1. The van der Waals surface area contributed by atoms with Crippen LogP contribution in [0.5, 0.6) is 5.75 Å². The fraction of sp³-hybridized carbons (Fsp3) is 0.231. The van der Waals surface area contributed by atoms with Crippen LogP contribution in [-0.2, 0) is 0 Å². The molecule has 0 saturated heterocycles. The lowest BCUT2D eigenvalue weighted by atomic mass is 10.1. The van der Waals surface area contributed by atoms with Crippen molar-refractivity contribution in [2.24, 2.45) is 0 Å². The van der Waals surface area contributed by atoms with Gasteiger partial charge in [-0.15, -0.1) is 11.3 Å². The minimum atomic E-state index is -0.823. The molecule has 18 heavy (non-hydrogen) atoms. The molecule has 0 radical (unpaired) electrons. The maximum atomic E-state index is 13.3. The molecule has 0 fully saturated rings. The first-order chi connectivity index (χ1) is 8.52. The van der Waals surface area contributed by atoms with Crippen LogP contribution in [0.25, 0.3) is 0 Å². The molecule has 2 aromatic rings. The summed E-state index contributed by atoms with van der Waals surface area (Å²) in [5.74, 6) is -0.334. The molecule has 0 bridgehead atoms. The van der Waals surface area contributed by atoms with Crippen molar-refractivity contribution in [2.75, 3.05) is 7.11 Å². The molecule has 0 aliphatic rings. The lowest BCUT2D eigenvalue weighted by Gasteiger charge is -2.10. The van der Waals surface area contributed by atoms with Crippen LogP contribution in [0, 0.1) is 12.7 Å². The average Bonchev–Trinajstić information content (AvgIpc) is 2.69. The fourth-order valence-electron chi connectivity index (χ4n) is 1.63. The lowest BCUT2D eigenvalue weighted by molar-refractivity contribution is 0.223. The molecule has 96 valence electrons. The molecule has 0 saturated carbocycles. The summed E-state index contributed by atoms with van der Waals surface area (Å²) in [4.78, 5) is 0.728. The first-order valence-electron chi connectivity index (χ1n) is 5.30. The van der Waals surface area contributed by atoms with E-state index >= 15 is 0 Å². The molecule has 1 aromatic heterocycles. The first-order valence-corrected chi connectivity index (χ1v) is 6.49. The zero-order valence-corrected chi connectivity index (χ0v) is 11.5. The third-order valence-electron chi connectivity index (χ3n) is 2.64. The minimum Gasteiger partial charge on any atom is -0.494 e. The van der Waals surface area contributed by atoms with Gasteiger partial charge in [-0.05, 0) is 36.2 Å². The Morgan fingerprint density at radius 2 is 2.11 bits per heavy atom. The highest BCUT2D eigenvalue weighted by Crippen LogP contribution is 2.35. The second-order valence-corrected chi connectivity index (χ2v) is 5.59. The Morgan fingerprint density at radius 1 is 1.39 bits per heavy atom. The quantitative estimate of drug-likeness (QED) is 0.926. The van der Waals surface area contributed by atoms with E-state index in [0.717, 1.165) is 10.4 Å². The Bertz CT molecular complexity index is 549. The molecule has 0 aliphatic heterocycles. The van der Waals surface area contributed by atoms with Gasteiger partial charge in [0, 0.05) is 4.88 Å². The fourth-order valence-corrected chi connectivity index (χ4v) is 2.86. The number of methoxy groups -OCH3 is 1. The molecule has 0 spiro atoms. The Kier molecular flexibility index (Phi) is 3.90. The van der Waals surface area contributed by atoms with E-state index in [1.807, 2.05) is 13.0 Å². The predicted octanol–water partition coefficient (Wildman–Crippen LogP) is 3.94. The van der Waals surface area contributed by atoms with Crippen molar-refractivity contribution in [3.63, 3.8) is 0 Å². The summed E-state index contributed by atoms with van der Waals surface area (Å²) in [5, 5.41) is 10.2. The van der Waals surface area contributed by atoms with Crippen LogP contribution in [-0.4, -0.2) is 12.2 Å². The van der Waals surface area contributed by atoms with Crippen LogP contribution >= 0.6 is 22.9 Å². The SMILES string of the molecule is COc1cc(C(O)c2cc(C)c(Cl)s2)ccc1F. The highest BCUT2D eigenvalue weighted by Gasteiger charge is 2.16. The maximum absolute atomic E-state index is 13.3. The molecule has 5 heteroatoms. The Hall–Kier alpha value is -1.10. The standard InChI is InChI=1S/C13H12ClFO2S/c1-7-5-11(18-13(7)14)12(16)8-3-4-9(15)10(6-8)17-2/h3-6,12,16H,1-2H3. The van der Waals surface area contributed by atoms with Gasteiger partial charge in [0.2, 0.25) is 0 Å². The molecule has 0 amide bonds. The van der Waals surface area contributed by atoms with E-state index in [2.05, 4.69) is 0 Å². The average molecular weight is 287 g/mol. The summed E-state index contributed by atoms with van der Waals surface area (Å²) >= 11 is 7.28. The zero-order chi connectivity index (χ0) is 13.3. The molecular formula is C13H12ClFO2S. The molecule has 1 aromatic carbocycles. The van der Waals surface area contributed by atoms with Crippen LogP contribution in [0.2, 0.25) is 4.34 Å². The second kappa shape index (κ2) is 5.26. The van der Waals surface area contributed by atoms with Crippen molar-refractivity contribution in [3.8, 4) is 5.75 Å². The number of rotatable bonds is 3. The smallest absolute Gasteiger partial charge is 0.165 e. The second-order valence-electron chi connectivity index (χ2n) is 3.90. The Morgan fingerprint density at radius 3 is 2.67 bits per heavy atom. The number of benzene rings is 1. The van der Waals surface area contributed by atoms with Crippen molar-refractivity contribution >= 4 is 22.9 Å². The molecule has 1 unspecified atom stereocenters. The number of aliphatic hydroxyl groups is 1. The summed E-state index contributed by atoms with van der Waals surface area (Å²) in [6, 6.07) is 6.13. The van der Waals surface area contributed by atoms with Crippen LogP contribution in [0.15, 0.2) is 24.3 Å². The van der Waals surface area contributed by atoms with Gasteiger partial charge in [0.1, 0.15) is 6.10 Å². The van der Waals surface area contributed by atoms with Gasteiger partial charge >= 0.3 is 0 Å². The van der Waals surface area contributed by atoms with Gasteiger partial charge in [0.15, 0.2) is 11.6 Å². The van der Waals surface area contributed by atoms with Crippen molar-refractivity contribution in [2.45, 2.75) is 13.0 Å². The zero-order valence-electron chi connectivity index (χ0n) is 9.91. The number of hydrogen-bond donors (Lipinski definition) is 1. The number of hydrogen-bond acceptors (Lipinski definition) is 3. The van der Waals surface area contributed by atoms with Gasteiger partial charge in [0.25, 0.3) is 0 Å². The first kappa shape index (κ1) is 13.3. The Labute approximate surface area is 114 Å². The molecular weight excluding hydrogens is 275 g/mol. The van der Waals surface area contributed by atoms with Gasteiger partial charge in [-0.25, -0.2) is 4.39 Å². The third-order valence-corrected chi connectivity index (χ3v) is 4.24. The monoisotopic (exact) mass is 286 g/mol. The maximum Gasteiger partial charge on any atom is 0.165 e. The van der Waals surface area contributed by atoms with Crippen molar-refractivity contribution in [1.82, 2.24) is 0 Å². The lowest BCUT2D eigenvalue weighted by Crippen LogP contribution is -1.99. The van der Waals surface area contributed by atoms with Crippen LogP contribution in [0.4, 0.5) is 4.39 Å². The van der Waals surface area contributed by atoms with Crippen LogP contribution in [0.3, 0.4) is 0 Å². The van der Waals surface area contributed by atoms with Crippen molar-refractivity contribution < 1.29 is 14.2 Å². The van der Waals surface area contributed by atoms with E-state index in [-0.39, 0.29) is 5.75 Å². The van der Waals surface area contributed by atoms with Gasteiger partial charge in [-0.1, -0.05) is 17.7 Å².